The average molecular weight is 146 g/mol. The number of hydrogen-bond acceptors (Lipinski definition) is 1. The number of hydrogen-bond donors (Lipinski definition) is 0. The van der Waals surface area contributed by atoms with E-state index in [1.807, 2.05) is 24.3 Å². The van der Waals surface area contributed by atoms with Crippen molar-refractivity contribution in [2.45, 2.75) is 13.3 Å². The molecule has 0 aromatic heterocycles. The fourth-order valence-corrected chi connectivity index (χ4v) is 0.971. The molecule has 0 aliphatic rings. The van der Waals surface area contributed by atoms with Crippen molar-refractivity contribution in [1.29, 1.82) is 0 Å². The maximum absolute atomic E-state index is 9.99. The topological polar surface area (TPSA) is 17.1 Å². The van der Waals surface area contributed by atoms with Crippen molar-refractivity contribution in [3.63, 3.8) is 0 Å². The first-order valence-electron chi connectivity index (χ1n) is 3.66. The van der Waals surface area contributed by atoms with Gasteiger partial charge in [0.15, 0.2) is 0 Å². The summed E-state index contributed by atoms with van der Waals surface area (Å²) >= 11 is 0. The van der Waals surface area contributed by atoms with Crippen LogP contribution in [-0.4, -0.2) is 5.94 Å². The predicted molar refractivity (Wildman–Crippen MR) is 46.0 cm³/mol. The average Bonchev–Trinajstić information content (AvgIpc) is 2.06. The van der Waals surface area contributed by atoms with E-state index in [-0.39, 0.29) is 0 Å². The Hall–Kier alpha value is -1.33. The van der Waals surface area contributed by atoms with Crippen molar-refractivity contribution in [3.8, 4) is 0 Å². The van der Waals surface area contributed by atoms with Crippen LogP contribution in [0.4, 0.5) is 0 Å². The largest absolute Gasteiger partial charge is 0.233 e. The lowest BCUT2D eigenvalue weighted by atomic mass is 10.1. The standard InChI is InChI=1S/C10H10O/c1-2-9-4-3-5-10(8-9)6-7-11/h3-6,8H,2H2,1H3. The van der Waals surface area contributed by atoms with Crippen LogP contribution in [0.15, 0.2) is 24.3 Å². The molecule has 1 nitrogen and oxygen atoms in total. The van der Waals surface area contributed by atoms with Crippen molar-refractivity contribution in [2.75, 3.05) is 0 Å². The molecule has 0 saturated heterocycles. The molecule has 0 aliphatic heterocycles. The summed E-state index contributed by atoms with van der Waals surface area (Å²) in [5, 5.41) is 0. The molecule has 1 aromatic rings. The SMILES string of the molecule is CCc1cccc(C=C=O)c1. The predicted octanol–water partition coefficient (Wildman–Crippen LogP) is 2.09. The van der Waals surface area contributed by atoms with Gasteiger partial charge in [0.05, 0.1) is 0 Å². The van der Waals surface area contributed by atoms with Crippen molar-refractivity contribution < 1.29 is 4.79 Å². The lowest BCUT2D eigenvalue weighted by Crippen LogP contribution is -1.79. The summed E-state index contributed by atoms with van der Waals surface area (Å²) in [6.45, 7) is 2.09. The van der Waals surface area contributed by atoms with E-state index in [4.69, 9.17) is 0 Å². The summed E-state index contributed by atoms with van der Waals surface area (Å²) in [4.78, 5) is 9.99. The first-order valence-corrected chi connectivity index (χ1v) is 3.66. The monoisotopic (exact) mass is 146 g/mol. The Morgan fingerprint density at radius 2 is 2.36 bits per heavy atom. The minimum absolute atomic E-state index is 0.930. The van der Waals surface area contributed by atoms with Gasteiger partial charge in [-0.15, -0.1) is 0 Å². The summed E-state index contributed by atoms with van der Waals surface area (Å²) in [5.41, 5.74) is 2.17. The fraction of sp³-hybridized carbons (Fsp3) is 0.200. The summed E-state index contributed by atoms with van der Waals surface area (Å²) in [5.74, 6) is 1.76. The molecule has 0 aliphatic carbocycles. The maximum atomic E-state index is 9.99. The molecular weight excluding hydrogens is 136 g/mol. The van der Waals surface area contributed by atoms with E-state index in [0.717, 1.165) is 12.0 Å². The number of carbonyl (C=O) groups excluding carboxylic acids is 1. The highest BCUT2D eigenvalue weighted by Gasteiger charge is 1.89. The van der Waals surface area contributed by atoms with Crippen molar-refractivity contribution >= 4 is 12.0 Å². The van der Waals surface area contributed by atoms with E-state index >= 15 is 0 Å². The molecule has 56 valence electrons. The summed E-state index contributed by atoms with van der Waals surface area (Å²) in [6.07, 6.45) is 2.44. The Morgan fingerprint density at radius 3 is 3.00 bits per heavy atom. The van der Waals surface area contributed by atoms with Crippen LogP contribution in [0.1, 0.15) is 18.1 Å². The first-order chi connectivity index (χ1) is 5.36. The van der Waals surface area contributed by atoms with Gasteiger partial charge in [0.25, 0.3) is 0 Å². The van der Waals surface area contributed by atoms with Gasteiger partial charge in [0.2, 0.25) is 0 Å². The molecule has 0 amide bonds. The molecular formula is C10H10O. The van der Waals surface area contributed by atoms with E-state index < -0.39 is 0 Å². The quantitative estimate of drug-likeness (QED) is 0.584. The molecule has 0 fully saturated rings. The Balaban J connectivity index is 3.00. The van der Waals surface area contributed by atoms with E-state index in [2.05, 4.69) is 6.92 Å². The van der Waals surface area contributed by atoms with Crippen LogP contribution in [0.3, 0.4) is 0 Å². The Bertz CT molecular complexity index is 283. The minimum atomic E-state index is 0.930. The van der Waals surface area contributed by atoms with Crippen molar-refractivity contribution in [2.24, 2.45) is 0 Å². The number of benzene rings is 1. The summed E-state index contributed by atoms with van der Waals surface area (Å²) in [6, 6.07) is 7.87. The second-order valence-electron chi connectivity index (χ2n) is 2.36. The molecule has 1 rings (SSSR count). The Morgan fingerprint density at radius 1 is 1.55 bits per heavy atom. The van der Waals surface area contributed by atoms with E-state index in [0.29, 0.717) is 0 Å². The molecule has 0 unspecified atom stereocenters. The van der Waals surface area contributed by atoms with Gasteiger partial charge in [-0.3, -0.25) is 0 Å². The second-order valence-corrected chi connectivity index (χ2v) is 2.36. The molecule has 1 aromatic carbocycles. The maximum Gasteiger partial charge on any atom is 0.125 e. The summed E-state index contributed by atoms with van der Waals surface area (Å²) < 4.78 is 0. The molecule has 0 radical (unpaired) electrons. The number of rotatable bonds is 2. The van der Waals surface area contributed by atoms with Crippen LogP contribution in [0.5, 0.6) is 0 Å². The Labute approximate surface area is 66.4 Å². The highest BCUT2D eigenvalue weighted by molar-refractivity contribution is 5.74. The third kappa shape index (κ3) is 2.06. The second kappa shape index (κ2) is 3.75. The molecule has 11 heavy (non-hydrogen) atoms. The van der Waals surface area contributed by atoms with Gasteiger partial charge in [-0.1, -0.05) is 31.2 Å². The van der Waals surface area contributed by atoms with Crippen LogP contribution in [0.2, 0.25) is 0 Å². The van der Waals surface area contributed by atoms with Crippen molar-refractivity contribution in [1.82, 2.24) is 0 Å². The summed E-state index contributed by atoms with van der Waals surface area (Å²) in [7, 11) is 0. The van der Waals surface area contributed by atoms with Gasteiger partial charge < -0.3 is 0 Å². The van der Waals surface area contributed by atoms with Crippen LogP contribution in [0, 0.1) is 0 Å². The van der Waals surface area contributed by atoms with Gasteiger partial charge in [0.1, 0.15) is 5.94 Å². The molecule has 0 heterocycles. The van der Waals surface area contributed by atoms with Crippen LogP contribution in [-0.2, 0) is 11.2 Å². The molecule has 0 N–H and O–H groups in total. The lowest BCUT2D eigenvalue weighted by Gasteiger charge is -1.95. The van der Waals surface area contributed by atoms with Crippen molar-refractivity contribution in [3.05, 3.63) is 35.4 Å². The van der Waals surface area contributed by atoms with E-state index in [1.165, 1.54) is 11.6 Å². The zero-order valence-electron chi connectivity index (χ0n) is 6.50. The molecule has 0 saturated carbocycles. The molecule has 0 spiro atoms. The van der Waals surface area contributed by atoms with E-state index in [9.17, 15) is 4.79 Å². The van der Waals surface area contributed by atoms with Gasteiger partial charge >= 0.3 is 0 Å². The smallest absolute Gasteiger partial charge is 0.125 e. The lowest BCUT2D eigenvalue weighted by molar-refractivity contribution is 0.570. The molecule has 0 atom stereocenters. The van der Waals surface area contributed by atoms with Gasteiger partial charge in [-0.25, -0.2) is 4.79 Å². The molecule has 1 heteroatoms. The van der Waals surface area contributed by atoms with E-state index in [1.54, 1.807) is 5.94 Å². The normalized spacial score (nSPS) is 8.82. The van der Waals surface area contributed by atoms with Gasteiger partial charge in [-0.2, -0.15) is 0 Å². The highest BCUT2D eigenvalue weighted by atomic mass is 16.1. The fourth-order valence-electron chi connectivity index (χ4n) is 0.971. The zero-order chi connectivity index (χ0) is 8.10. The number of aryl methyl sites for hydroxylation is 1. The van der Waals surface area contributed by atoms with Gasteiger partial charge in [-0.05, 0) is 17.5 Å². The highest BCUT2D eigenvalue weighted by Crippen LogP contribution is 2.05. The third-order valence-corrected chi connectivity index (χ3v) is 1.58. The van der Waals surface area contributed by atoms with Crippen LogP contribution >= 0.6 is 0 Å². The zero-order valence-corrected chi connectivity index (χ0v) is 6.50. The minimum Gasteiger partial charge on any atom is -0.233 e. The first kappa shape index (κ1) is 7.77. The molecule has 0 bridgehead atoms. The van der Waals surface area contributed by atoms with Gasteiger partial charge in [0, 0.05) is 6.08 Å². The van der Waals surface area contributed by atoms with Crippen LogP contribution < -0.4 is 0 Å². The third-order valence-electron chi connectivity index (χ3n) is 1.58. The van der Waals surface area contributed by atoms with Crippen LogP contribution in [0.25, 0.3) is 6.08 Å². The Kier molecular flexibility index (Phi) is 2.65.